The molecule has 0 saturated heterocycles. The SMILES string of the molecule is NC1(c2ccc(B(O)O)s2)CC1. The Kier molecular flexibility index (Phi) is 1.76. The van der Waals surface area contributed by atoms with Gasteiger partial charge < -0.3 is 15.8 Å². The van der Waals surface area contributed by atoms with Gasteiger partial charge in [-0.25, -0.2) is 0 Å². The van der Waals surface area contributed by atoms with Crippen LogP contribution >= 0.6 is 11.3 Å². The largest absolute Gasteiger partial charge is 0.499 e. The fraction of sp³-hybridized carbons (Fsp3) is 0.429. The van der Waals surface area contributed by atoms with Crippen molar-refractivity contribution in [2.24, 2.45) is 5.73 Å². The van der Waals surface area contributed by atoms with Crippen molar-refractivity contribution in [1.29, 1.82) is 0 Å². The van der Waals surface area contributed by atoms with Crippen molar-refractivity contribution in [2.75, 3.05) is 0 Å². The Morgan fingerprint density at radius 3 is 2.50 bits per heavy atom. The zero-order chi connectivity index (χ0) is 8.77. The Morgan fingerprint density at radius 2 is 2.08 bits per heavy atom. The highest BCUT2D eigenvalue weighted by molar-refractivity contribution is 7.22. The second-order valence-corrected chi connectivity index (χ2v) is 4.35. The van der Waals surface area contributed by atoms with Crippen molar-refractivity contribution in [2.45, 2.75) is 18.4 Å². The van der Waals surface area contributed by atoms with E-state index in [1.807, 2.05) is 6.07 Å². The molecule has 0 bridgehead atoms. The number of hydrogen-bond donors (Lipinski definition) is 3. The summed E-state index contributed by atoms with van der Waals surface area (Å²) in [6.07, 6.45) is 2.02. The summed E-state index contributed by atoms with van der Waals surface area (Å²) >= 11 is 1.39. The Morgan fingerprint density at radius 1 is 1.42 bits per heavy atom. The topological polar surface area (TPSA) is 66.5 Å². The first-order valence-electron chi connectivity index (χ1n) is 3.87. The van der Waals surface area contributed by atoms with Gasteiger partial charge in [0.15, 0.2) is 0 Å². The minimum atomic E-state index is -1.36. The molecule has 0 spiro atoms. The van der Waals surface area contributed by atoms with Gasteiger partial charge in [0, 0.05) is 9.65 Å². The fourth-order valence-corrected chi connectivity index (χ4v) is 2.18. The zero-order valence-corrected chi connectivity index (χ0v) is 7.34. The molecule has 12 heavy (non-hydrogen) atoms. The summed E-state index contributed by atoms with van der Waals surface area (Å²) in [6, 6.07) is 3.60. The Balaban J connectivity index is 2.25. The van der Waals surface area contributed by atoms with Gasteiger partial charge in [0.2, 0.25) is 0 Å². The fourth-order valence-electron chi connectivity index (χ4n) is 1.14. The number of nitrogens with two attached hydrogens (primary N) is 1. The van der Waals surface area contributed by atoms with Gasteiger partial charge in [-0.1, -0.05) is 6.07 Å². The smallest absolute Gasteiger partial charge is 0.423 e. The van der Waals surface area contributed by atoms with E-state index >= 15 is 0 Å². The Hall–Kier alpha value is -0.355. The number of thiophene rings is 1. The van der Waals surface area contributed by atoms with Gasteiger partial charge in [0.1, 0.15) is 0 Å². The lowest BCUT2D eigenvalue weighted by molar-refractivity contribution is 0.427. The van der Waals surface area contributed by atoms with Crippen LogP contribution in [0.25, 0.3) is 0 Å². The summed E-state index contributed by atoms with van der Waals surface area (Å²) in [7, 11) is -1.36. The van der Waals surface area contributed by atoms with Gasteiger partial charge in [-0.15, -0.1) is 11.3 Å². The minimum absolute atomic E-state index is 0.155. The molecule has 5 heteroatoms. The maximum Gasteiger partial charge on any atom is 0.499 e. The van der Waals surface area contributed by atoms with Gasteiger partial charge in [-0.3, -0.25) is 0 Å². The highest BCUT2D eigenvalue weighted by Gasteiger charge is 2.41. The summed E-state index contributed by atoms with van der Waals surface area (Å²) in [6.45, 7) is 0. The second kappa shape index (κ2) is 2.57. The van der Waals surface area contributed by atoms with Crippen LogP contribution < -0.4 is 10.5 Å². The summed E-state index contributed by atoms with van der Waals surface area (Å²) in [5, 5.41) is 17.7. The molecule has 1 fully saturated rings. The van der Waals surface area contributed by atoms with Crippen LogP contribution in [0.5, 0.6) is 0 Å². The van der Waals surface area contributed by atoms with Crippen molar-refractivity contribution in [1.82, 2.24) is 0 Å². The van der Waals surface area contributed by atoms with E-state index in [9.17, 15) is 0 Å². The van der Waals surface area contributed by atoms with E-state index in [1.54, 1.807) is 6.07 Å². The van der Waals surface area contributed by atoms with E-state index in [0.717, 1.165) is 17.7 Å². The average molecular weight is 183 g/mol. The molecule has 0 radical (unpaired) electrons. The maximum absolute atomic E-state index is 8.85. The molecule has 1 aliphatic rings. The zero-order valence-electron chi connectivity index (χ0n) is 6.53. The first-order valence-corrected chi connectivity index (χ1v) is 4.69. The number of rotatable bonds is 2. The van der Waals surface area contributed by atoms with Crippen LogP contribution in [-0.4, -0.2) is 17.2 Å². The Labute approximate surface area is 75.0 Å². The van der Waals surface area contributed by atoms with Crippen LogP contribution in [0, 0.1) is 0 Å². The van der Waals surface area contributed by atoms with E-state index in [4.69, 9.17) is 15.8 Å². The molecule has 4 N–H and O–H groups in total. The molecule has 0 unspecified atom stereocenters. The average Bonchev–Trinajstić information content (AvgIpc) is 2.61. The van der Waals surface area contributed by atoms with E-state index in [0.29, 0.717) is 4.78 Å². The monoisotopic (exact) mass is 183 g/mol. The van der Waals surface area contributed by atoms with E-state index in [1.165, 1.54) is 11.3 Å². The van der Waals surface area contributed by atoms with Crippen molar-refractivity contribution >= 4 is 23.2 Å². The standard InChI is InChI=1S/C7H10BNO2S/c9-7(3-4-7)5-1-2-6(12-5)8(10)11/h1-2,10-11H,3-4,9H2. The van der Waals surface area contributed by atoms with Crippen molar-refractivity contribution < 1.29 is 10.0 Å². The quantitative estimate of drug-likeness (QED) is 0.535. The lowest BCUT2D eigenvalue weighted by Crippen LogP contribution is -2.26. The molecule has 0 atom stereocenters. The maximum atomic E-state index is 8.85. The van der Waals surface area contributed by atoms with Crippen LogP contribution in [0.1, 0.15) is 17.7 Å². The first-order chi connectivity index (χ1) is 5.62. The lowest BCUT2D eigenvalue weighted by atomic mass is 9.90. The van der Waals surface area contributed by atoms with Crippen molar-refractivity contribution in [3.8, 4) is 0 Å². The molecule has 1 aromatic rings. The molecule has 1 aliphatic carbocycles. The molecular weight excluding hydrogens is 173 g/mol. The highest BCUT2D eigenvalue weighted by Crippen LogP contribution is 2.44. The van der Waals surface area contributed by atoms with E-state index in [-0.39, 0.29) is 5.54 Å². The molecular formula is C7H10BNO2S. The normalized spacial score (nSPS) is 19.2. The number of hydrogen-bond acceptors (Lipinski definition) is 4. The molecule has 3 nitrogen and oxygen atoms in total. The highest BCUT2D eigenvalue weighted by atomic mass is 32.1. The molecule has 0 amide bonds. The lowest BCUT2D eigenvalue weighted by Gasteiger charge is -2.02. The molecule has 0 aromatic carbocycles. The summed E-state index contributed by atoms with van der Waals surface area (Å²) in [5.41, 5.74) is 5.77. The second-order valence-electron chi connectivity index (χ2n) is 3.23. The van der Waals surface area contributed by atoms with E-state index in [2.05, 4.69) is 0 Å². The van der Waals surface area contributed by atoms with Crippen molar-refractivity contribution in [3.63, 3.8) is 0 Å². The van der Waals surface area contributed by atoms with Gasteiger partial charge in [0.25, 0.3) is 0 Å². The Bertz CT molecular complexity index is 295. The summed E-state index contributed by atoms with van der Waals surface area (Å²) in [4.78, 5) is 1.06. The first kappa shape index (κ1) is 8.25. The third-order valence-electron chi connectivity index (χ3n) is 2.16. The summed E-state index contributed by atoms with van der Waals surface area (Å²) in [5.74, 6) is 0. The van der Waals surface area contributed by atoms with Crippen LogP contribution in [0.3, 0.4) is 0 Å². The molecule has 1 heterocycles. The predicted molar refractivity (Wildman–Crippen MR) is 49.2 cm³/mol. The van der Waals surface area contributed by atoms with Gasteiger partial charge in [0.05, 0.1) is 5.54 Å². The van der Waals surface area contributed by atoms with Crippen LogP contribution in [0.15, 0.2) is 12.1 Å². The molecule has 2 rings (SSSR count). The predicted octanol–water partition coefficient (Wildman–Crippen LogP) is -0.624. The van der Waals surface area contributed by atoms with Crippen molar-refractivity contribution in [3.05, 3.63) is 17.0 Å². The minimum Gasteiger partial charge on any atom is -0.423 e. The third kappa shape index (κ3) is 1.29. The van der Waals surface area contributed by atoms with Crippen LogP contribution in [-0.2, 0) is 5.54 Å². The van der Waals surface area contributed by atoms with Gasteiger partial charge in [-0.05, 0) is 18.9 Å². The molecule has 1 saturated carbocycles. The summed E-state index contributed by atoms with van der Waals surface area (Å²) < 4.78 is 0.571. The van der Waals surface area contributed by atoms with Gasteiger partial charge in [-0.2, -0.15) is 0 Å². The molecule has 1 aromatic heterocycles. The third-order valence-corrected chi connectivity index (χ3v) is 3.51. The van der Waals surface area contributed by atoms with Crippen LogP contribution in [0.2, 0.25) is 0 Å². The van der Waals surface area contributed by atoms with Gasteiger partial charge >= 0.3 is 7.12 Å². The molecule has 64 valence electrons. The van der Waals surface area contributed by atoms with Crippen LogP contribution in [0.4, 0.5) is 0 Å². The van der Waals surface area contributed by atoms with E-state index < -0.39 is 7.12 Å². The molecule has 0 aliphatic heterocycles.